The molecule has 0 atom stereocenters. The van der Waals surface area contributed by atoms with Gasteiger partial charge in [0.1, 0.15) is 0 Å². The number of anilines is 1. The fourth-order valence-electron chi connectivity index (χ4n) is 2.40. The summed E-state index contributed by atoms with van der Waals surface area (Å²) in [6.07, 6.45) is 2.68. The van der Waals surface area contributed by atoms with E-state index >= 15 is 0 Å². The van der Waals surface area contributed by atoms with Crippen LogP contribution in [0, 0.1) is 0 Å². The number of rotatable bonds is 2. The highest BCUT2D eigenvalue weighted by Crippen LogP contribution is 2.45. The molecule has 1 saturated carbocycles. The monoisotopic (exact) mass is 232 g/mol. The van der Waals surface area contributed by atoms with Crippen molar-refractivity contribution >= 4 is 26.7 Å². The fraction of sp³-hybridized carbons (Fsp3) is 0.462. The maximum Gasteiger partial charge on any atom is 0.181 e. The minimum Gasteiger partial charge on any atom is -0.375 e. The zero-order valence-electron chi connectivity index (χ0n) is 9.66. The van der Waals surface area contributed by atoms with Crippen LogP contribution in [0.5, 0.6) is 0 Å². The van der Waals surface area contributed by atoms with Crippen molar-refractivity contribution in [2.45, 2.75) is 38.5 Å². The summed E-state index contributed by atoms with van der Waals surface area (Å²) in [5, 5.41) is 0.685. The second kappa shape index (κ2) is 3.45. The topological polar surface area (TPSA) is 38.9 Å². The highest BCUT2D eigenvalue weighted by molar-refractivity contribution is 7.22. The lowest BCUT2D eigenvalue weighted by atomic mass is 9.93. The van der Waals surface area contributed by atoms with E-state index in [1.807, 2.05) is 0 Å². The first-order valence-corrected chi connectivity index (χ1v) is 6.67. The molecule has 1 aliphatic rings. The summed E-state index contributed by atoms with van der Waals surface area (Å²) < 4.78 is 1.23. The minimum absolute atomic E-state index is 0.529. The van der Waals surface area contributed by atoms with E-state index in [9.17, 15) is 0 Å². The van der Waals surface area contributed by atoms with Crippen molar-refractivity contribution in [3.05, 3.63) is 23.3 Å². The standard InChI is InChI=1S/C13H16N2S/c1-7(2)11-9(8-3-4-8)5-6-10-12(11)15-13(14)16-10/h5-8H,3-4H2,1-2H3,(H2,14,15). The van der Waals surface area contributed by atoms with Crippen LogP contribution in [0.15, 0.2) is 12.1 Å². The van der Waals surface area contributed by atoms with Gasteiger partial charge < -0.3 is 5.73 Å². The summed E-state index contributed by atoms with van der Waals surface area (Å²) in [6.45, 7) is 4.49. The van der Waals surface area contributed by atoms with Gasteiger partial charge in [0.15, 0.2) is 5.13 Å². The van der Waals surface area contributed by atoms with Crippen LogP contribution < -0.4 is 5.73 Å². The van der Waals surface area contributed by atoms with Gasteiger partial charge in [0, 0.05) is 0 Å². The number of benzene rings is 1. The molecular weight excluding hydrogens is 216 g/mol. The van der Waals surface area contributed by atoms with Gasteiger partial charge in [-0.2, -0.15) is 0 Å². The number of thiazole rings is 1. The number of aromatic nitrogens is 1. The molecule has 0 saturated heterocycles. The molecular formula is C13H16N2S. The molecule has 0 spiro atoms. The van der Waals surface area contributed by atoms with Crippen molar-refractivity contribution in [2.75, 3.05) is 5.73 Å². The number of nitrogens with zero attached hydrogens (tertiary/aromatic N) is 1. The van der Waals surface area contributed by atoms with Crippen molar-refractivity contribution < 1.29 is 0 Å². The Hall–Kier alpha value is -1.09. The molecule has 0 amide bonds. The molecule has 1 fully saturated rings. The number of fused-ring (bicyclic) bond motifs is 1. The number of hydrogen-bond donors (Lipinski definition) is 1. The molecule has 1 heterocycles. The molecule has 1 aliphatic carbocycles. The van der Waals surface area contributed by atoms with Crippen LogP contribution in [0.2, 0.25) is 0 Å². The van der Waals surface area contributed by atoms with Crippen LogP contribution in [0.1, 0.15) is 49.7 Å². The highest BCUT2D eigenvalue weighted by Gasteiger charge is 2.28. The molecule has 16 heavy (non-hydrogen) atoms. The van der Waals surface area contributed by atoms with E-state index in [-0.39, 0.29) is 0 Å². The molecule has 3 rings (SSSR count). The summed E-state index contributed by atoms with van der Waals surface area (Å²) in [6, 6.07) is 4.47. The second-order valence-electron chi connectivity index (χ2n) is 4.90. The Morgan fingerprint density at radius 1 is 1.38 bits per heavy atom. The molecule has 0 unspecified atom stereocenters. The first-order chi connectivity index (χ1) is 7.66. The summed E-state index contributed by atoms with van der Waals surface area (Å²) in [5.74, 6) is 1.31. The van der Waals surface area contributed by atoms with E-state index < -0.39 is 0 Å². The SMILES string of the molecule is CC(C)c1c(C2CC2)ccc2sc(N)nc12. The van der Waals surface area contributed by atoms with Crippen LogP contribution in [-0.4, -0.2) is 4.98 Å². The van der Waals surface area contributed by atoms with Crippen molar-refractivity contribution in [2.24, 2.45) is 0 Å². The molecule has 3 heteroatoms. The van der Waals surface area contributed by atoms with Crippen LogP contribution in [0.3, 0.4) is 0 Å². The van der Waals surface area contributed by atoms with Crippen LogP contribution in [0.25, 0.3) is 10.2 Å². The minimum atomic E-state index is 0.529. The van der Waals surface area contributed by atoms with E-state index in [4.69, 9.17) is 5.73 Å². The Morgan fingerprint density at radius 3 is 2.75 bits per heavy atom. The molecule has 1 aromatic heterocycles. The average Bonchev–Trinajstić information content (AvgIpc) is 2.98. The molecule has 2 nitrogen and oxygen atoms in total. The third-order valence-electron chi connectivity index (χ3n) is 3.24. The van der Waals surface area contributed by atoms with Crippen molar-refractivity contribution in [1.82, 2.24) is 4.98 Å². The normalized spacial score (nSPS) is 16.2. The molecule has 1 aromatic carbocycles. The van der Waals surface area contributed by atoms with Gasteiger partial charge in [0.25, 0.3) is 0 Å². The van der Waals surface area contributed by atoms with Gasteiger partial charge in [-0.1, -0.05) is 31.3 Å². The Morgan fingerprint density at radius 2 is 2.12 bits per heavy atom. The summed E-state index contributed by atoms with van der Waals surface area (Å²) in [4.78, 5) is 4.50. The third kappa shape index (κ3) is 1.50. The molecule has 2 aromatic rings. The highest BCUT2D eigenvalue weighted by atomic mass is 32.1. The molecule has 0 radical (unpaired) electrons. The van der Waals surface area contributed by atoms with Gasteiger partial charge in [-0.15, -0.1) is 0 Å². The van der Waals surface area contributed by atoms with Crippen LogP contribution >= 0.6 is 11.3 Å². The van der Waals surface area contributed by atoms with E-state index in [1.54, 1.807) is 11.3 Å². The van der Waals surface area contributed by atoms with Gasteiger partial charge in [0.05, 0.1) is 10.2 Å². The summed E-state index contributed by atoms with van der Waals surface area (Å²) in [5.41, 5.74) is 9.88. The lowest BCUT2D eigenvalue weighted by molar-refractivity contribution is 0.849. The van der Waals surface area contributed by atoms with E-state index in [1.165, 1.54) is 28.7 Å². The predicted molar refractivity (Wildman–Crippen MR) is 70.1 cm³/mol. The maximum absolute atomic E-state index is 5.81. The van der Waals surface area contributed by atoms with Crippen LogP contribution in [0.4, 0.5) is 5.13 Å². The van der Waals surface area contributed by atoms with Gasteiger partial charge in [-0.25, -0.2) is 4.98 Å². The second-order valence-corrected chi connectivity index (χ2v) is 5.96. The molecule has 2 N–H and O–H groups in total. The van der Waals surface area contributed by atoms with Gasteiger partial charge in [0.2, 0.25) is 0 Å². The first-order valence-electron chi connectivity index (χ1n) is 5.85. The van der Waals surface area contributed by atoms with Gasteiger partial charge in [-0.3, -0.25) is 0 Å². The Balaban J connectivity index is 2.30. The maximum atomic E-state index is 5.81. The lowest BCUT2D eigenvalue weighted by Gasteiger charge is -2.12. The van der Waals surface area contributed by atoms with Crippen LogP contribution in [-0.2, 0) is 0 Å². The average molecular weight is 232 g/mol. The molecule has 0 aliphatic heterocycles. The third-order valence-corrected chi connectivity index (χ3v) is 4.09. The summed E-state index contributed by atoms with van der Waals surface area (Å²) in [7, 11) is 0. The lowest BCUT2D eigenvalue weighted by Crippen LogP contribution is -1.96. The van der Waals surface area contributed by atoms with E-state index in [2.05, 4.69) is 31.0 Å². The Labute approximate surface area is 99.5 Å². The van der Waals surface area contributed by atoms with E-state index in [0.29, 0.717) is 11.0 Å². The van der Waals surface area contributed by atoms with E-state index in [0.717, 1.165) is 11.4 Å². The number of nitrogen functional groups attached to an aromatic ring is 1. The smallest absolute Gasteiger partial charge is 0.181 e. The van der Waals surface area contributed by atoms with Gasteiger partial charge >= 0.3 is 0 Å². The summed E-state index contributed by atoms with van der Waals surface area (Å²) >= 11 is 1.59. The first kappa shape index (κ1) is 10.1. The fourth-order valence-corrected chi connectivity index (χ4v) is 3.15. The number of hydrogen-bond acceptors (Lipinski definition) is 3. The Bertz CT molecular complexity index is 538. The zero-order chi connectivity index (χ0) is 11.3. The molecule has 0 bridgehead atoms. The Kier molecular flexibility index (Phi) is 2.18. The number of nitrogens with two attached hydrogens (primary N) is 1. The largest absolute Gasteiger partial charge is 0.375 e. The van der Waals surface area contributed by atoms with Crippen molar-refractivity contribution in [1.29, 1.82) is 0 Å². The van der Waals surface area contributed by atoms with Crippen molar-refractivity contribution in [3.63, 3.8) is 0 Å². The quantitative estimate of drug-likeness (QED) is 0.853. The zero-order valence-corrected chi connectivity index (χ0v) is 10.5. The van der Waals surface area contributed by atoms with Gasteiger partial charge in [-0.05, 0) is 41.9 Å². The molecule has 84 valence electrons. The van der Waals surface area contributed by atoms with Crippen molar-refractivity contribution in [3.8, 4) is 0 Å². The predicted octanol–water partition coefficient (Wildman–Crippen LogP) is 3.88.